The molecular formula is C15H21NOSi. The van der Waals surface area contributed by atoms with Crippen LogP contribution in [0.5, 0.6) is 0 Å². The Bertz CT molecular complexity index is 444. The molecule has 1 saturated heterocycles. The van der Waals surface area contributed by atoms with Crippen molar-refractivity contribution < 1.29 is 4.74 Å². The van der Waals surface area contributed by atoms with E-state index in [1.807, 2.05) is 0 Å². The lowest BCUT2D eigenvalue weighted by Crippen LogP contribution is -2.36. The third kappa shape index (κ3) is 3.90. The van der Waals surface area contributed by atoms with Crippen molar-refractivity contribution >= 4 is 13.8 Å². The molecule has 2 nitrogen and oxygen atoms in total. The first-order valence-corrected chi connectivity index (χ1v) is 10.0. The van der Waals surface area contributed by atoms with E-state index in [1.165, 1.54) is 5.69 Å². The van der Waals surface area contributed by atoms with Crippen LogP contribution in [0.3, 0.4) is 0 Å². The lowest BCUT2D eigenvalue weighted by molar-refractivity contribution is 0.122. The average molecular weight is 259 g/mol. The molecule has 1 heterocycles. The van der Waals surface area contributed by atoms with E-state index in [2.05, 4.69) is 60.3 Å². The zero-order chi connectivity index (χ0) is 13.0. The summed E-state index contributed by atoms with van der Waals surface area (Å²) in [5, 5.41) is 0. The summed E-state index contributed by atoms with van der Waals surface area (Å²) in [7, 11) is -1.27. The van der Waals surface area contributed by atoms with Gasteiger partial charge in [-0.2, -0.15) is 0 Å². The second-order valence-corrected chi connectivity index (χ2v) is 10.4. The number of ether oxygens (including phenoxy) is 1. The van der Waals surface area contributed by atoms with Gasteiger partial charge in [0.2, 0.25) is 0 Å². The Labute approximate surface area is 111 Å². The molecule has 0 aliphatic carbocycles. The zero-order valence-corrected chi connectivity index (χ0v) is 12.5. The molecule has 0 unspecified atom stereocenters. The molecule has 0 radical (unpaired) electrons. The van der Waals surface area contributed by atoms with Gasteiger partial charge in [-0.05, 0) is 24.3 Å². The van der Waals surface area contributed by atoms with E-state index in [4.69, 9.17) is 4.74 Å². The molecule has 1 aliphatic heterocycles. The summed E-state index contributed by atoms with van der Waals surface area (Å²) < 4.78 is 5.36. The number of rotatable bonds is 1. The smallest absolute Gasteiger partial charge is 0.129 e. The van der Waals surface area contributed by atoms with Crippen molar-refractivity contribution in [1.29, 1.82) is 0 Å². The van der Waals surface area contributed by atoms with Crippen molar-refractivity contribution in [2.24, 2.45) is 0 Å². The van der Waals surface area contributed by atoms with Gasteiger partial charge in [-0.1, -0.05) is 25.6 Å². The highest BCUT2D eigenvalue weighted by Gasteiger charge is 2.10. The number of benzene rings is 1. The fourth-order valence-electron chi connectivity index (χ4n) is 1.84. The van der Waals surface area contributed by atoms with Gasteiger partial charge in [0, 0.05) is 24.3 Å². The third-order valence-electron chi connectivity index (χ3n) is 2.83. The molecule has 96 valence electrons. The molecule has 1 aromatic rings. The lowest BCUT2D eigenvalue weighted by Gasteiger charge is -2.28. The summed E-state index contributed by atoms with van der Waals surface area (Å²) >= 11 is 0. The van der Waals surface area contributed by atoms with Crippen molar-refractivity contribution in [3.8, 4) is 11.5 Å². The predicted molar refractivity (Wildman–Crippen MR) is 79.7 cm³/mol. The van der Waals surface area contributed by atoms with Crippen LogP contribution in [0.1, 0.15) is 5.56 Å². The van der Waals surface area contributed by atoms with Gasteiger partial charge in [-0.3, -0.25) is 0 Å². The molecule has 0 amide bonds. The van der Waals surface area contributed by atoms with E-state index >= 15 is 0 Å². The number of anilines is 1. The Morgan fingerprint density at radius 3 is 2.22 bits per heavy atom. The average Bonchev–Trinajstić information content (AvgIpc) is 2.37. The van der Waals surface area contributed by atoms with E-state index in [-0.39, 0.29) is 0 Å². The minimum Gasteiger partial charge on any atom is -0.378 e. The lowest BCUT2D eigenvalue weighted by atomic mass is 10.2. The first kappa shape index (κ1) is 13.2. The second kappa shape index (κ2) is 5.60. The van der Waals surface area contributed by atoms with Crippen LogP contribution in [0.25, 0.3) is 0 Å². The Morgan fingerprint density at radius 2 is 1.67 bits per heavy atom. The summed E-state index contributed by atoms with van der Waals surface area (Å²) in [6, 6.07) is 8.58. The van der Waals surface area contributed by atoms with E-state index in [9.17, 15) is 0 Å². The Hall–Kier alpha value is -1.24. The molecule has 0 bridgehead atoms. The number of hydrogen-bond donors (Lipinski definition) is 0. The van der Waals surface area contributed by atoms with Gasteiger partial charge in [0.1, 0.15) is 8.07 Å². The number of nitrogens with zero attached hydrogens (tertiary/aromatic N) is 1. The standard InChI is InChI=1S/C15H21NOSi/c1-18(2,3)13-8-14-4-6-15(7-5-14)16-9-11-17-12-10-16/h4-7H,9-12H2,1-3H3. The van der Waals surface area contributed by atoms with Crippen molar-refractivity contribution in [3.05, 3.63) is 29.8 Å². The van der Waals surface area contributed by atoms with Crippen molar-refractivity contribution in [3.63, 3.8) is 0 Å². The Morgan fingerprint density at radius 1 is 1.06 bits per heavy atom. The monoisotopic (exact) mass is 259 g/mol. The molecule has 1 aromatic carbocycles. The van der Waals surface area contributed by atoms with Gasteiger partial charge in [-0.25, -0.2) is 0 Å². The maximum absolute atomic E-state index is 5.36. The second-order valence-electron chi connectivity index (χ2n) is 5.65. The summed E-state index contributed by atoms with van der Waals surface area (Å²) in [5.74, 6) is 3.28. The van der Waals surface area contributed by atoms with E-state index in [0.29, 0.717) is 0 Å². The van der Waals surface area contributed by atoms with E-state index in [0.717, 1.165) is 31.9 Å². The largest absolute Gasteiger partial charge is 0.378 e. The fraction of sp³-hybridized carbons (Fsp3) is 0.467. The first-order chi connectivity index (χ1) is 8.54. The molecule has 0 spiro atoms. The molecule has 0 N–H and O–H groups in total. The van der Waals surface area contributed by atoms with Gasteiger partial charge in [0.05, 0.1) is 13.2 Å². The van der Waals surface area contributed by atoms with Crippen LogP contribution in [0.15, 0.2) is 24.3 Å². The molecule has 1 aliphatic rings. The van der Waals surface area contributed by atoms with Gasteiger partial charge in [-0.15, -0.1) is 5.54 Å². The molecule has 0 saturated carbocycles. The van der Waals surface area contributed by atoms with Crippen LogP contribution < -0.4 is 4.90 Å². The van der Waals surface area contributed by atoms with Crippen molar-refractivity contribution in [2.45, 2.75) is 19.6 Å². The Kier molecular flexibility index (Phi) is 4.10. The summed E-state index contributed by atoms with van der Waals surface area (Å²) in [5.41, 5.74) is 5.79. The number of hydrogen-bond acceptors (Lipinski definition) is 2. The first-order valence-electron chi connectivity index (χ1n) is 6.50. The molecule has 3 heteroatoms. The highest BCUT2D eigenvalue weighted by atomic mass is 28.3. The molecule has 0 aromatic heterocycles. The van der Waals surface area contributed by atoms with Crippen LogP contribution in [0.2, 0.25) is 19.6 Å². The highest BCUT2D eigenvalue weighted by molar-refractivity contribution is 6.83. The molecular weight excluding hydrogens is 238 g/mol. The molecule has 18 heavy (non-hydrogen) atoms. The van der Waals surface area contributed by atoms with Crippen molar-refractivity contribution in [2.75, 3.05) is 31.2 Å². The maximum atomic E-state index is 5.36. The SMILES string of the molecule is C[Si](C)(C)C#Cc1ccc(N2CCOCC2)cc1. The molecule has 1 fully saturated rings. The van der Waals surface area contributed by atoms with Gasteiger partial charge >= 0.3 is 0 Å². The van der Waals surface area contributed by atoms with Crippen LogP contribution >= 0.6 is 0 Å². The maximum Gasteiger partial charge on any atom is 0.129 e. The normalized spacial score (nSPS) is 16.1. The van der Waals surface area contributed by atoms with Gasteiger partial charge in [0.25, 0.3) is 0 Å². The molecule has 0 atom stereocenters. The molecule has 2 rings (SSSR count). The topological polar surface area (TPSA) is 12.5 Å². The van der Waals surface area contributed by atoms with Crippen molar-refractivity contribution in [1.82, 2.24) is 0 Å². The fourth-order valence-corrected chi connectivity index (χ4v) is 2.36. The summed E-state index contributed by atoms with van der Waals surface area (Å²) in [6.07, 6.45) is 0. The van der Waals surface area contributed by atoms with Crippen LogP contribution in [0.4, 0.5) is 5.69 Å². The van der Waals surface area contributed by atoms with Crippen LogP contribution in [0, 0.1) is 11.5 Å². The quantitative estimate of drug-likeness (QED) is 0.568. The van der Waals surface area contributed by atoms with E-state index < -0.39 is 8.07 Å². The van der Waals surface area contributed by atoms with Gasteiger partial charge in [0.15, 0.2) is 0 Å². The zero-order valence-electron chi connectivity index (χ0n) is 11.5. The van der Waals surface area contributed by atoms with Crippen LogP contribution in [-0.2, 0) is 4.74 Å². The van der Waals surface area contributed by atoms with Crippen LogP contribution in [-0.4, -0.2) is 34.4 Å². The summed E-state index contributed by atoms with van der Waals surface area (Å²) in [6.45, 7) is 10.4. The highest BCUT2D eigenvalue weighted by Crippen LogP contribution is 2.16. The van der Waals surface area contributed by atoms with E-state index in [1.54, 1.807) is 0 Å². The summed E-state index contributed by atoms with van der Waals surface area (Å²) in [4.78, 5) is 2.36. The predicted octanol–water partition coefficient (Wildman–Crippen LogP) is 2.75. The van der Waals surface area contributed by atoms with Gasteiger partial charge < -0.3 is 9.64 Å². The minimum absolute atomic E-state index is 0.831. The third-order valence-corrected chi connectivity index (χ3v) is 3.70. The Balaban J connectivity index is 2.07. The number of morpholine rings is 1. The minimum atomic E-state index is -1.27.